The number of carboxylic acid groups (broad SMARTS) is 1. The number of nitrogens with one attached hydrogen (secondary N) is 1. The van der Waals surface area contributed by atoms with Crippen molar-refractivity contribution in [1.29, 1.82) is 0 Å². The van der Waals surface area contributed by atoms with Crippen LogP contribution in [-0.2, 0) is 6.42 Å². The summed E-state index contributed by atoms with van der Waals surface area (Å²) in [5, 5.41) is 11.8. The number of carbonyl (C=O) groups excluding carboxylic acids is 1. The van der Waals surface area contributed by atoms with Crippen molar-refractivity contribution in [2.75, 3.05) is 11.9 Å². The molecule has 0 saturated carbocycles. The van der Waals surface area contributed by atoms with Crippen LogP contribution in [0.5, 0.6) is 5.75 Å². The normalized spacial score (nSPS) is 10.7. The number of hydrogen-bond acceptors (Lipinski definition) is 4. The lowest BCUT2D eigenvalue weighted by Gasteiger charge is -2.08. The number of carbonyl (C=O) groups is 2. The highest BCUT2D eigenvalue weighted by Gasteiger charge is 2.20. The van der Waals surface area contributed by atoms with E-state index in [1.54, 1.807) is 28.8 Å². The Hall–Kier alpha value is -3.35. The SMILES string of the molecule is CCOc1cccn2c(C(=O)Nc3cccc(C(=O)O)c3)c(CC)nc12. The Morgan fingerprint density at radius 2 is 2.04 bits per heavy atom. The van der Waals surface area contributed by atoms with Crippen molar-refractivity contribution in [3.63, 3.8) is 0 Å². The Labute approximate surface area is 150 Å². The lowest BCUT2D eigenvalue weighted by molar-refractivity contribution is 0.0696. The maximum Gasteiger partial charge on any atom is 0.335 e. The minimum Gasteiger partial charge on any atom is -0.490 e. The van der Waals surface area contributed by atoms with Crippen LogP contribution in [0.4, 0.5) is 5.69 Å². The van der Waals surface area contributed by atoms with Crippen molar-refractivity contribution in [2.45, 2.75) is 20.3 Å². The molecule has 0 aliphatic heterocycles. The van der Waals surface area contributed by atoms with Gasteiger partial charge in [-0.15, -0.1) is 0 Å². The van der Waals surface area contributed by atoms with E-state index < -0.39 is 5.97 Å². The third-order valence-electron chi connectivity index (χ3n) is 3.90. The van der Waals surface area contributed by atoms with Crippen LogP contribution in [0.25, 0.3) is 5.65 Å². The predicted molar refractivity (Wildman–Crippen MR) is 97.1 cm³/mol. The van der Waals surface area contributed by atoms with Gasteiger partial charge in [-0.25, -0.2) is 9.78 Å². The number of hydrogen-bond donors (Lipinski definition) is 2. The van der Waals surface area contributed by atoms with Crippen LogP contribution in [0.3, 0.4) is 0 Å². The lowest BCUT2D eigenvalue weighted by Crippen LogP contribution is -2.16. The first-order valence-corrected chi connectivity index (χ1v) is 8.32. The van der Waals surface area contributed by atoms with E-state index in [2.05, 4.69) is 10.3 Å². The monoisotopic (exact) mass is 353 g/mol. The number of aryl methyl sites for hydroxylation is 1. The summed E-state index contributed by atoms with van der Waals surface area (Å²) in [5.41, 5.74) is 2.15. The highest BCUT2D eigenvalue weighted by molar-refractivity contribution is 6.05. The largest absolute Gasteiger partial charge is 0.490 e. The number of aromatic nitrogens is 2. The van der Waals surface area contributed by atoms with E-state index >= 15 is 0 Å². The summed E-state index contributed by atoms with van der Waals surface area (Å²) in [7, 11) is 0. The summed E-state index contributed by atoms with van der Waals surface area (Å²) in [6.07, 6.45) is 2.33. The van der Waals surface area contributed by atoms with Gasteiger partial charge in [0.2, 0.25) is 0 Å². The van der Waals surface area contributed by atoms with Gasteiger partial charge in [0.1, 0.15) is 5.69 Å². The molecule has 2 heterocycles. The molecule has 0 aliphatic carbocycles. The number of anilines is 1. The van der Waals surface area contributed by atoms with Crippen LogP contribution < -0.4 is 10.1 Å². The number of nitrogens with zero attached hydrogens (tertiary/aromatic N) is 2. The molecule has 0 saturated heterocycles. The molecule has 2 N–H and O–H groups in total. The summed E-state index contributed by atoms with van der Waals surface area (Å²) in [5.74, 6) is -0.798. The molecule has 2 aromatic heterocycles. The average molecular weight is 353 g/mol. The van der Waals surface area contributed by atoms with E-state index in [9.17, 15) is 9.59 Å². The summed E-state index contributed by atoms with van der Waals surface area (Å²) >= 11 is 0. The van der Waals surface area contributed by atoms with E-state index in [1.807, 2.05) is 19.9 Å². The minimum atomic E-state index is -1.05. The van der Waals surface area contributed by atoms with Crippen molar-refractivity contribution in [3.05, 3.63) is 59.5 Å². The van der Waals surface area contributed by atoms with E-state index in [4.69, 9.17) is 9.84 Å². The molecule has 1 aromatic carbocycles. The van der Waals surface area contributed by atoms with Crippen LogP contribution in [0, 0.1) is 0 Å². The van der Waals surface area contributed by atoms with Crippen molar-refractivity contribution in [2.24, 2.45) is 0 Å². The average Bonchev–Trinajstić information content (AvgIpc) is 3.02. The highest BCUT2D eigenvalue weighted by Crippen LogP contribution is 2.23. The molecule has 26 heavy (non-hydrogen) atoms. The Bertz CT molecular complexity index is 978. The second-order valence-electron chi connectivity index (χ2n) is 5.60. The number of fused-ring (bicyclic) bond motifs is 1. The predicted octanol–water partition coefficient (Wildman–Crippen LogP) is 3.25. The summed E-state index contributed by atoms with van der Waals surface area (Å²) in [6.45, 7) is 4.30. The van der Waals surface area contributed by atoms with Crippen molar-refractivity contribution < 1.29 is 19.4 Å². The molecule has 1 amide bonds. The number of rotatable bonds is 6. The van der Waals surface area contributed by atoms with Gasteiger partial charge in [0.25, 0.3) is 5.91 Å². The third kappa shape index (κ3) is 3.23. The Kier molecular flexibility index (Phi) is 4.88. The molecule has 134 valence electrons. The van der Waals surface area contributed by atoms with Gasteiger partial charge < -0.3 is 15.2 Å². The molecule has 0 aliphatic rings. The molecule has 0 fully saturated rings. The quantitative estimate of drug-likeness (QED) is 0.710. The number of carboxylic acids is 1. The summed E-state index contributed by atoms with van der Waals surface area (Å²) in [4.78, 5) is 28.5. The fraction of sp³-hybridized carbons (Fsp3) is 0.211. The Morgan fingerprint density at radius 1 is 1.23 bits per heavy atom. The molecule has 0 bridgehead atoms. The van der Waals surface area contributed by atoms with Gasteiger partial charge in [0, 0.05) is 11.9 Å². The second-order valence-corrected chi connectivity index (χ2v) is 5.60. The first-order chi connectivity index (χ1) is 12.5. The fourth-order valence-corrected chi connectivity index (χ4v) is 2.76. The molecule has 0 atom stereocenters. The van der Waals surface area contributed by atoms with Crippen LogP contribution in [-0.4, -0.2) is 33.0 Å². The fourth-order valence-electron chi connectivity index (χ4n) is 2.76. The molecule has 3 aromatic rings. The molecule has 0 spiro atoms. The number of imidazole rings is 1. The van der Waals surface area contributed by atoms with Crippen LogP contribution in [0.2, 0.25) is 0 Å². The van der Waals surface area contributed by atoms with Gasteiger partial charge >= 0.3 is 5.97 Å². The molecule has 7 nitrogen and oxygen atoms in total. The highest BCUT2D eigenvalue weighted by atomic mass is 16.5. The third-order valence-corrected chi connectivity index (χ3v) is 3.90. The van der Waals surface area contributed by atoms with E-state index in [0.717, 1.165) is 0 Å². The van der Waals surface area contributed by atoms with E-state index in [1.165, 1.54) is 12.1 Å². The second kappa shape index (κ2) is 7.26. The Balaban J connectivity index is 2.01. The number of pyridine rings is 1. The number of benzene rings is 1. The standard InChI is InChI=1S/C19H19N3O4/c1-3-14-16(22-10-6-9-15(26-4-2)17(22)21-14)18(23)20-13-8-5-7-12(11-13)19(24)25/h5-11H,3-4H2,1-2H3,(H,20,23)(H,24,25). The van der Waals surface area contributed by atoms with Crippen molar-refractivity contribution in [3.8, 4) is 5.75 Å². The van der Waals surface area contributed by atoms with E-state index in [-0.39, 0.29) is 11.5 Å². The van der Waals surface area contributed by atoms with Gasteiger partial charge in [-0.1, -0.05) is 13.0 Å². The lowest BCUT2D eigenvalue weighted by atomic mass is 10.2. The van der Waals surface area contributed by atoms with Crippen LogP contribution >= 0.6 is 0 Å². The minimum absolute atomic E-state index is 0.107. The molecular formula is C19H19N3O4. The topological polar surface area (TPSA) is 92.9 Å². The van der Waals surface area contributed by atoms with E-state index in [0.29, 0.717) is 41.5 Å². The van der Waals surface area contributed by atoms with Crippen molar-refractivity contribution >= 4 is 23.2 Å². The van der Waals surface area contributed by atoms with Crippen LogP contribution in [0.1, 0.15) is 40.4 Å². The van der Waals surface area contributed by atoms with Crippen molar-refractivity contribution in [1.82, 2.24) is 9.38 Å². The molecule has 3 rings (SSSR count). The van der Waals surface area contributed by atoms with Gasteiger partial charge in [0.15, 0.2) is 11.4 Å². The van der Waals surface area contributed by atoms with Crippen LogP contribution in [0.15, 0.2) is 42.6 Å². The van der Waals surface area contributed by atoms with Gasteiger partial charge in [-0.3, -0.25) is 9.20 Å². The first-order valence-electron chi connectivity index (χ1n) is 8.32. The smallest absolute Gasteiger partial charge is 0.335 e. The summed E-state index contributed by atoms with van der Waals surface area (Å²) < 4.78 is 7.29. The Morgan fingerprint density at radius 3 is 2.73 bits per heavy atom. The van der Waals surface area contributed by atoms with Gasteiger partial charge in [-0.05, 0) is 43.7 Å². The number of amides is 1. The molecule has 7 heteroatoms. The van der Waals surface area contributed by atoms with Gasteiger partial charge in [0.05, 0.1) is 17.9 Å². The summed E-state index contributed by atoms with van der Waals surface area (Å²) in [6, 6.07) is 9.72. The zero-order chi connectivity index (χ0) is 18.7. The zero-order valence-electron chi connectivity index (χ0n) is 14.5. The number of ether oxygens (including phenoxy) is 1. The number of aromatic carboxylic acids is 1. The maximum absolute atomic E-state index is 12.9. The molecule has 0 unspecified atom stereocenters. The maximum atomic E-state index is 12.9. The molecule has 0 radical (unpaired) electrons. The zero-order valence-corrected chi connectivity index (χ0v) is 14.5. The molecular weight excluding hydrogens is 334 g/mol. The van der Waals surface area contributed by atoms with Gasteiger partial charge in [-0.2, -0.15) is 0 Å². The first kappa shape index (κ1) is 17.5.